The molecule has 0 amide bonds. The summed E-state index contributed by atoms with van der Waals surface area (Å²) in [5.74, 6) is 0. The van der Waals surface area contributed by atoms with Gasteiger partial charge >= 0.3 is 0 Å². The average Bonchev–Trinajstić information content (AvgIpc) is 2.36. The molecule has 2 rings (SSSR count). The molecule has 0 radical (unpaired) electrons. The number of hydrogen-bond donors (Lipinski definition) is 2. The fourth-order valence-electron chi connectivity index (χ4n) is 2.30. The summed E-state index contributed by atoms with van der Waals surface area (Å²) in [5.41, 5.74) is 10.2. The molecule has 0 saturated carbocycles. The van der Waals surface area contributed by atoms with Crippen molar-refractivity contribution in [1.29, 1.82) is 0 Å². The van der Waals surface area contributed by atoms with Crippen molar-refractivity contribution in [2.24, 2.45) is 5.73 Å². The first kappa shape index (κ1) is 12.9. The molecule has 1 aliphatic carbocycles. The monoisotopic (exact) mass is 265 g/mol. The maximum absolute atomic E-state index is 11.2. The highest BCUT2D eigenvalue weighted by Crippen LogP contribution is 2.28. The molecule has 0 spiro atoms. The van der Waals surface area contributed by atoms with Gasteiger partial charge in [-0.1, -0.05) is 17.7 Å². The zero-order valence-electron chi connectivity index (χ0n) is 10.3. The van der Waals surface area contributed by atoms with Crippen LogP contribution in [0.3, 0.4) is 0 Å². The summed E-state index contributed by atoms with van der Waals surface area (Å²) in [6, 6.07) is 3.89. The summed E-state index contributed by atoms with van der Waals surface area (Å²) >= 11 is 0. The molecule has 1 aliphatic rings. The minimum absolute atomic E-state index is 0.0331. The Morgan fingerprint density at radius 3 is 2.50 bits per heavy atom. The summed E-state index contributed by atoms with van der Waals surface area (Å²) in [4.78, 5) is -0.0331. The minimum atomic E-state index is -4.18. The third-order valence-corrected chi connectivity index (χ3v) is 3.94. The third kappa shape index (κ3) is 2.32. The molecule has 0 saturated heterocycles. The van der Waals surface area contributed by atoms with E-state index in [0.717, 1.165) is 22.3 Å². The molecular formula is C13H15NO3S. The Labute approximate surface area is 107 Å². The van der Waals surface area contributed by atoms with E-state index in [4.69, 9.17) is 10.3 Å². The van der Waals surface area contributed by atoms with Gasteiger partial charge in [0.1, 0.15) is 0 Å². The van der Waals surface area contributed by atoms with E-state index in [2.05, 4.69) is 0 Å². The third-order valence-electron chi connectivity index (χ3n) is 3.00. The molecule has 1 aromatic rings. The van der Waals surface area contributed by atoms with Gasteiger partial charge in [0.25, 0.3) is 10.1 Å². The molecule has 3 N–H and O–H groups in total. The SMILES string of the molecule is Cc1cc(C)c2c(c1)CC(S(=O)(=O)O)=CC=C2N. The van der Waals surface area contributed by atoms with Crippen molar-refractivity contribution in [2.45, 2.75) is 20.3 Å². The van der Waals surface area contributed by atoms with Gasteiger partial charge in [-0.05, 0) is 37.1 Å². The van der Waals surface area contributed by atoms with Crippen LogP contribution in [0.5, 0.6) is 0 Å². The van der Waals surface area contributed by atoms with Gasteiger partial charge in [0.15, 0.2) is 0 Å². The van der Waals surface area contributed by atoms with Crippen LogP contribution in [0.2, 0.25) is 0 Å². The normalized spacial score (nSPS) is 15.5. The Hall–Kier alpha value is -1.59. The van der Waals surface area contributed by atoms with E-state index < -0.39 is 10.1 Å². The topological polar surface area (TPSA) is 80.4 Å². The molecule has 4 nitrogen and oxygen atoms in total. The highest BCUT2D eigenvalue weighted by atomic mass is 32.2. The largest absolute Gasteiger partial charge is 0.398 e. The second kappa shape index (κ2) is 4.26. The zero-order valence-corrected chi connectivity index (χ0v) is 11.1. The van der Waals surface area contributed by atoms with Gasteiger partial charge < -0.3 is 5.73 Å². The van der Waals surface area contributed by atoms with Crippen molar-refractivity contribution in [3.05, 3.63) is 51.4 Å². The molecule has 0 aromatic heterocycles. The first-order valence-corrected chi connectivity index (χ1v) is 6.97. The Morgan fingerprint density at radius 1 is 1.22 bits per heavy atom. The number of aryl methyl sites for hydroxylation is 2. The Morgan fingerprint density at radius 2 is 1.89 bits per heavy atom. The Bertz CT molecular complexity index is 670. The summed E-state index contributed by atoms with van der Waals surface area (Å²) in [5, 5.41) is 0. The van der Waals surface area contributed by atoms with Gasteiger partial charge in [-0.25, -0.2) is 0 Å². The number of nitrogens with two attached hydrogens (primary N) is 1. The van der Waals surface area contributed by atoms with Crippen LogP contribution in [0.25, 0.3) is 5.70 Å². The lowest BCUT2D eigenvalue weighted by Gasteiger charge is -2.13. The van der Waals surface area contributed by atoms with Gasteiger partial charge in [0.2, 0.25) is 0 Å². The first-order valence-electron chi connectivity index (χ1n) is 5.53. The molecular weight excluding hydrogens is 250 g/mol. The van der Waals surface area contributed by atoms with E-state index in [1.54, 1.807) is 0 Å². The van der Waals surface area contributed by atoms with E-state index in [1.807, 2.05) is 26.0 Å². The molecule has 0 fully saturated rings. The minimum Gasteiger partial charge on any atom is -0.398 e. The Kier molecular flexibility index (Phi) is 3.04. The fourth-order valence-corrected chi connectivity index (χ4v) is 2.88. The van der Waals surface area contributed by atoms with Crippen molar-refractivity contribution in [3.8, 4) is 0 Å². The maximum atomic E-state index is 11.2. The van der Waals surface area contributed by atoms with Crippen molar-refractivity contribution in [3.63, 3.8) is 0 Å². The highest BCUT2D eigenvalue weighted by molar-refractivity contribution is 7.89. The molecule has 96 valence electrons. The van der Waals surface area contributed by atoms with E-state index in [1.165, 1.54) is 12.2 Å². The second-order valence-electron chi connectivity index (χ2n) is 4.52. The average molecular weight is 265 g/mol. The van der Waals surface area contributed by atoms with E-state index in [0.29, 0.717) is 5.70 Å². The van der Waals surface area contributed by atoms with E-state index in [-0.39, 0.29) is 11.3 Å². The van der Waals surface area contributed by atoms with E-state index >= 15 is 0 Å². The lowest BCUT2D eigenvalue weighted by atomic mass is 9.95. The predicted molar refractivity (Wildman–Crippen MR) is 71.4 cm³/mol. The van der Waals surface area contributed by atoms with Crippen LogP contribution in [-0.4, -0.2) is 13.0 Å². The molecule has 0 unspecified atom stereocenters. The van der Waals surface area contributed by atoms with Crippen molar-refractivity contribution >= 4 is 15.8 Å². The molecule has 0 atom stereocenters. The summed E-state index contributed by atoms with van der Waals surface area (Å²) < 4.78 is 31.6. The molecule has 0 aliphatic heterocycles. The van der Waals surface area contributed by atoms with Crippen molar-refractivity contribution in [2.75, 3.05) is 0 Å². The molecule has 0 heterocycles. The second-order valence-corrected chi connectivity index (χ2v) is 6.00. The molecule has 0 bridgehead atoms. The van der Waals surface area contributed by atoms with Crippen LogP contribution in [-0.2, 0) is 16.5 Å². The zero-order chi connectivity index (χ0) is 13.5. The van der Waals surface area contributed by atoms with Crippen LogP contribution in [0, 0.1) is 13.8 Å². The fraction of sp³-hybridized carbons (Fsp3) is 0.231. The quantitative estimate of drug-likeness (QED) is 0.760. The van der Waals surface area contributed by atoms with Crippen LogP contribution in [0.1, 0.15) is 22.3 Å². The molecule has 1 aromatic carbocycles. The number of hydrogen-bond acceptors (Lipinski definition) is 3. The molecule has 5 heteroatoms. The number of allylic oxidation sites excluding steroid dienone is 3. The maximum Gasteiger partial charge on any atom is 0.290 e. The van der Waals surface area contributed by atoms with Gasteiger partial charge in [0.05, 0.1) is 4.91 Å². The Balaban J connectivity index is 2.67. The smallest absolute Gasteiger partial charge is 0.290 e. The van der Waals surface area contributed by atoms with Gasteiger partial charge in [-0.15, -0.1) is 0 Å². The predicted octanol–water partition coefficient (Wildman–Crippen LogP) is 1.93. The lowest BCUT2D eigenvalue weighted by Crippen LogP contribution is -2.07. The summed E-state index contributed by atoms with van der Waals surface area (Å²) in [7, 11) is -4.18. The van der Waals surface area contributed by atoms with Crippen LogP contribution >= 0.6 is 0 Å². The standard InChI is InChI=1S/C13H15NO3S/c1-8-5-9(2)13-10(6-8)7-11(18(15,16)17)3-4-12(13)14/h3-6H,7,14H2,1-2H3,(H,15,16,17). The van der Waals surface area contributed by atoms with Gasteiger partial charge in [-0.2, -0.15) is 8.42 Å². The highest BCUT2D eigenvalue weighted by Gasteiger charge is 2.20. The summed E-state index contributed by atoms with van der Waals surface area (Å²) in [6.07, 6.45) is 3.05. The number of fused-ring (bicyclic) bond motifs is 1. The van der Waals surface area contributed by atoms with E-state index in [9.17, 15) is 8.42 Å². The van der Waals surface area contributed by atoms with Crippen molar-refractivity contribution < 1.29 is 13.0 Å². The first-order chi connectivity index (χ1) is 8.29. The van der Waals surface area contributed by atoms with Crippen LogP contribution in [0.15, 0.2) is 29.2 Å². The lowest BCUT2D eigenvalue weighted by molar-refractivity contribution is 0.490. The molecule has 18 heavy (non-hydrogen) atoms. The summed E-state index contributed by atoms with van der Waals surface area (Å²) in [6.45, 7) is 3.87. The van der Waals surface area contributed by atoms with Gasteiger partial charge in [0, 0.05) is 17.7 Å². The van der Waals surface area contributed by atoms with Crippen LogP contribution in [0.4, 0.5) is 0 Å². The van der Waals surface area contributed by atoms with Crippen molar-refractivity contribution in [1.82, 2.24) is 0 Å². The number of benzene rings is 1. The van der Waals surface area contributed by atoms with Crippen LogP contribution < -0.4 is 5.73 Å². The van der Waals surface area contributed by atoms with Gasteiger partial charge in [-0.3, -0.25) is 4.55 Å². The number of rotatable bonds is 1.